The molecule has 0 aromatic heterocycles. The molecule has 0 aliphatic heterocycles. The average Bonchev–Trinajstić information content (AvgIpc) is 2.68. The minimum Gasteiger partial charge on any atom is -0.315 e. The Kier molecular flexibility index (Phi) is 1.63. The fraction of sp³-hybridized carbons (Fsp3) is 0.429. The van der Waals surface area contributed by atoms with E-state index >= 15 is 0 Å². The van der Waals surface area contributed by atoms with Gasteiger partial charge in [0.05, 0.1) is 0 Å². The van der Waals surface area contributed by atoms with Crippen LogP contribution in [0.15, 0.2) is 24.8 Å². The quantitative estimate of drug-likeness (QED) is 0.554. The summed E-state index contributed by atoms with van der Waals surface area (Å²) in [5.41, 5.74) is 0.396. The van der Waals surface area contributed by atoms with Gasteiger partial charge in [0.25, 0.3) is 0 Å². The van der Waals surface area contributed by atoms with Gasteiger partial charge in [-0.25, -0.2) is 0 Å². The molecule has 0 aromatic rings. The summed E-state index contributed by atoms with van der Waals surface area (Å²) < 4.78 is 11.5. The van der Waals surface area contributed by atoms with Gasteiger partial charge in [-0.05, 0) is 24.5 Å². The van der Waals surface area contributed by atoms with Crippen molar-refractivity contribution >= 4 is 7.14 Å². The van der Waals surface area contributed by atoms with Crippen LogP contribution in [0.2, 0.25) is 0 Å². The van der Waals surface area contributed by atoms with E-state index < -0.39 is 7.14 Å². The van der Waals surface area contributed by atoms with E-state index in [1.807, 2.05) is 0 Å². The summed E-state index contributed by atoms with van der Waals surface area (Å²) in [6.45, 7) is 7.06. The highest BCUT2D eigenvalue weighted by Crippen LogP contribution is 2.62. The first-order chi connectivity index (χ1) is 4.23. The van der Waals surface area contributed by atoms with Crippen LogP contribution in [0, 0.1) is 0 Å². The molecule has 0 aromatic carbocycles. The van der Waals surface area contributed by atoms with Crippen LogP contribution in [0.4, 0.5) is 0 Å². The van der Waals surface area contributed by atoms with Crippen LogP contribution in [-0.2, 0) is 4.57 Å². The zero-order valence-electron chi connectivity index (χ0n) is 5.42. The highest BCUT2D eigenvalue weighted by atomic mass is 31.2. The molecule has 2 heteroatoms. The molecule has 0 amide bonds. The van der Waals surface area contributed by atoms with E-state index in [-0.39, 0.29) is 0 Å². The largest absolute Gasteiger partial charge is 0.315 e. The van der Waals surface area contributed by atoms with Crippen LogP contribution in [0.25, 0.3) is 0 Å². The summed E-state index contributed by atoms with van der Waals surface area (Å²) in [4.78, 5) is 0. The van der Waals surface area contributed by atoms with Crippen LogP contribution in [0.1, 0.15) is 12.8 Å². The van der Waals surface area contributed by atoms with Crippen molar-refractivity contribution in [2.45, 2.75) is 18.5 Å². The van der Waals surface area contributed by atoms with E-state index in [9.17, 15) is 4.57 Å². The molecule has 1 aliphatic carbocycles. The van der Waals surface area contributed by atoms with Crippen molar-refractivity contribution in [1.82, 2.24) is 0 Å². The van der Waals surface area contributed by atoms with Crippen LogP contribution in [0.5, 0.6) is 0 Å². The van der Waals surface area contributed by atoms with Crippen molar-refractivity contribution in [1.29, 1.82) is 0 Å². The molecule has 1 fully saturated rings. The second kappa shape index (κ2) is 2.15. The first-order valence-electron chi connectivity index (χ1n) is 3.09. The Bertz CT molecular complexity index is 167. The summed E-state index contributed by atoms with van der Waals surface area (Å²) >= 11 is 0. The standard InChI is InChI=1S/C7H11OP/c1-3-9(8,4-2)7-5-6-7/h3-4,7H,1-2,5-6H2. The lowest BCUT2D eigenvalue weighted by atomic mass is 11.0. The van der Waals surface area contributed by atoms with Gasteiger partial charge >= 0.3 is 0 Å². The van der Waals surface area contributed by atoms with E-state index in [1.165, 1.54) is 0 Å². The predicted molar refractivity (Wildman–Crippen MR) is 41.0 cm³/mol. The first-order valence-corrected chi connectivity index (χ1v) is 5.00. The van der Waals surface area contributed by atoms with Crippen LogP contribution < -0.4 is 0 Å². The third-order valence-corrected chi connectivity index (χ3v) is 4.49. The molecule has 0 saturated heterocycles. The van der Waals surface area contributed by atoms with Gasteiger partial charge in [-0.3, -0.25) is 0 Å². The highest BCUT2D eigenvalue weighted by molar-refractivity contribution is 7.71. The normalized spacial score (nSPS) is 19.1. The van der Waals surface area contributed by atoms with Crippen LogP contribution >= 0.6 is 7.14 Å². The molecule has 0 atom stereocenters. The smallest absolute Gasteiger partial charge is 0.131 e. The molecule has 9 heavy (non-hydrogen) atoms. The van der Waals surface area contributed by atoms with Crippen molar-refractivity contribution in [3.63, 3.8) is 0 Å². The van der Waals surface area contributed by atoms with E-state index in [4.69, 9.17) is 0 Å². The van der Waals surface area contributed by atoms with E-state index in [0.717, 1.165) is 12.8 Å². The molecule has 1 nitrogen and oxygen atoms in total. The summed E-state index contributed by atoms with van der Waals surface area (Å²) in [6, 6.07) is 0. The van der Waals surface area contributed by atoms with Gasteiger partial charge in [0, 0.05) is 5.66 Å². The van der Waals surface area contributed by atoms with Gasteiger partial charge in [-0.2, -0.15) is 0 Å². The van der Waals surface area contributed by atoms with Crippen molar-refractivity contribution < 1.29 is 4.57 Å². The van der Waals surface area contributed by atoms with E-state index in [1.54, 1.807) is 11.6 Å². The minimum absolute atomic E-state index is 0.396. The molecule has 0 spiro atoms. The molecule has 50 valence electrons. The van der Waals surface area contributed by atoms with Gasteiger partial charge in [-0.15, -0.1) is 0 Å². The van der Waals surface area contributed by atoms with E-state index in [0.29, 0.717) is 5.66 Å². The molecule has 0 heterocycles. The molecule has 1 rings (SSSR count). The fourth-order valence-electron chi connectivity index (χ4n) is 0.851. The Morgan fingerprint density at radius 2 is 1.78 bits per heavy atom. The maximum atomic E-state index is 11.5. The number of hydrogen-bond donors (Lipinski definition) is 0. The predicted octanol–water partition coefficient (Wildman–Crippen LogP) is 2.80. The Morgan fingerprint density at radius 3 is 1.89 bits per heavy atom. The number of hydrogen-bond acceptors (Lipinski definition) is 1. The monoisotopic (exact) mass is 142 g/mol. The highest BCUT2D eigenvalue weighted by Gasteiger charge is 2.35. The lowest BCUT2D eigenvalue weighted by molar-refractivity contribution is 0.585. The maximum Gasteiger partial charge on any atom is 0.131 e. The summed E-state index contributed by atoms with van der Waals surface area (Å²) in [6.07, 6.45) is 2.19. The Morgan fingerprint density at radius 1 is 1.33 bits per heavy atom. The molecule has 0 N–H and O–H groups in total. The van der Waals surface area contributed by atoms with Crippen LogP contribution in [0.3, 0.4) is 0 Å². The van der Waals surface area contributed by atoms with Gasteiger partial charge < -0.3 is 4.57 Å². The lowest BCUT2D eigenvalue weighted by Gasteiger charge is -2.03. The van der Waals surface area contributed by atoms with Crippen molar-refractivity contribution in [2.75, 3.05) is 0 Å². The SMILES string of the molecule is C=CP(=O)(C=C)C1CC1. The molecular weight excluding hydrogens is 131 g/mol. The lowest BCUT2D eigenvalue weighted by Crippen LogP contribution is -1.77. The second-order valence-electron chi connectivity index (χ2n) is 2.36. The third kappa shape index (κ3) is 1.16. The fourth-order valence-corrected chi connectivity index (χ4v) is 2.55. The van der Waals surface area contributed by atoms with Gasteiger partial charge in [0.2, 0.25) is 0 Å². The molecule has 0 unspecified atom stereocenters. The first kappa shape index (κ1) is 6.82. The zero-order chi connectivity index (χ0) is 6.91. The number of rotatable bonds is 3. The topological polar surface area (TPSA) is 17.1 Å². The molecule has 0 bridgehead atoms. The zero-order valence-corrected chi connectivity index (χ0v) is 6.31. The molecular formula is C7H11OP. The molecule has 1 aliphatic rings. The Labute approximate surface area is 55.8 Å². The summed E-state index contributed by atoms with van der Waals surface area (Å²) in [7, 11) is -2.11. The average molecular weight is 142 g/mol. The van der Waals surface area contributed by atoms with Crippen LogP contribution in [-0.4, -0.2) is 5.66 Å². The van der Waals surface area contributed by atoms with Crippen molar-refractivity contribution in [3.05, 3.63) is 24.8 Å². The molecule has 1 saturated carbocycles. The molecule has 0 radical (unpaired) electrons. The van der Waals surface area contributed by atoms with Crippen molar-refractivity contribution in [3.8, 4) is 0 Å². The maximum absolute atomic E-state index is 11.5. The van der Waals surface area contributed by atoms with Crippen molar-refractivity contribution in [2.24, 2.45) is 0 Å². The Balaban J connectivity index is 2.76. The van der Waals surface area contributed by atoms with Gasteiger partial charge in [-0.1, -0.05) is 13.2 Å². The third-order valence-electron chi connectivity index (χ3n) is 1.69. The van der Waals surface area contributed by atoms with Gasteiger partial charge in [0.1, 0.15) is 7.14 Å². The second-order valence-corrected chi connectivity index (χ2v) is 5.35. The van der Waals surface area contributed by atoms with E-state index in [2.05, 4.69) is 13.2 Å². The van der Waals surface area contributed by atoms with Gasteiger partial charge in [0.15, 0.2) is 0 Å². The summed E-state index contributed by atoms with van der Waals surface area (Å²) in [5.74, 6) is 3.13. The summed E-state index contributed by atoms with van der Waals surface area (Å²) in [5, 5.41) is 0. The minimum atomic E-state index is -2.11. The Hall–Kier alpha value is -0.290.